The number of hydrogen-bond donors (Lipinski definition) is 1. The van der Waals surface area contributed by atoms with E-state index in [1.165, 1.54) is 4.31 Å². The number of pyridine rings is 1. The van der Waals surface area contributed by atoms with Gasteiger partial charge in [0, 0.05) is 26.3 Å². The molecule has 116 valence electrons. The summed E-state index contributed by atoms with van der Waals surface area (Å²) >= 11 is 0. The van der Waals surface area contributed by atoms with Crippen molar-refractivity contribution in [3.8, 4) is 0 Å². The molecule has 7 heteroatoms. The van der Waals surface area contributed by atoms with E-state index < -0.39 is 10.0 Å². The van der Waals surface area contributed by atoms with Gasteiger partial charge in [0.25, 0.3) is 10.0 Å². The maximum Gasteiger partial charge on any atom is 0.262 e. The Morgan fingerprint density at radius 1 is 1.33 bits per heavy atom. The van der Waals surface area contributed by atoms with Gasteiger partial charge in [-0.2, -0.15) is 4.31 Å². The van der Waals surface area contributed by atoms with E-state index >= 15 is 0 Å². The molecule has 2 aromatic heterocycles. The highest BCUT2D eigenvalue weighted by Gasteiger charge is 2.32. The number of rotatable bonds is 6. The number of nitrogens with one attached hydrogen (secondary N) is 1. The molecule has 2 rings (SSSR count). The Balaban J connectivity index is 2.64. The molecule has 0 saturated heterocycles. The van der Waals surface area contributed by atoms with Gasteiger partial charge >= 0.3 is 0 Å². The molecule has 0 aliphatic rings. The van der Waals surface area contributed by atoms with Crippen molar-refractivity contribution in [3.05, 3.63) is 24.4 Å². The van der Waals surface area contributed by atoms with E-state index in [1.807, 2.05) is 19.9 Å². The van der Waals surface area contributed by atoms with Crippen LogP contribution >= 0.6 is 0 Å². The first-order valence-corrected chi connectivity index (χ1v) is 8.54. The summed E-state index contributed by atoms with van der Waals surface area (Å²) in [6.07, 6.45) is 3.27. The summed E-state index contributed by atoms with van der Waals surface area (Å²) in [5.41, 5.74) is 0.610. The van der Waals surface area contributed by atoms with Crippen LogP contribution in [0.4, 0.5) is 5.82 Å². The zero-order chi connectivity index (χ0) is 15.6. The topological polar surface area (TPSA) is 66.7 Å². The van der Waals surface area contributed by atoms with Crippen molar-refractivity contribution in [1.82, 2.24) is 13.7 Å². The number of sulfonamides is 1. The SMILES string of the molecule is CCC(CC)N(C)S(=O)(=O)c1c(NC)nc2ccccn12. The van der Waals surface area contributed by atoms with Crippen molar-refractivity contribution in [1.29, 1.82) is 0 Å². The van der Waals surface area contributed by atoms with Gasteiger partial charge in [-0.05, 0) is 25.0 Å². The zero-order valence-electron chi connectivity index (χ0n) is 12.9. The molecular weight excluding hydrogens is 288 g/mol. The van der Waals surface area contributed by atoms with E-state index in [2.05, 4.69) is 10.3 Å². The fourth-order valence-electron chi connectivity index (χ4n) is 2.52. The quantitative estimate of drug-likeness (QED) is 0.888. The largest absolute Gasteiger partial charge is 0.371 e. The van der Waals surface area contributed by atoms with E-state index in [4.69, 9.17) is 0 Å². The van der Waals surface area contributed by atoms with Crippen LogP contribution in [0, 0.1) is 0 Å². The van der Waals surface area contributed by atoms with Crippen molar-refractivity contribution in [2.45, 2.75) is 37.8 Å². The second-order valence-electron chi connectivity index (χ2n) is 4.94. The van der Waals surface area contributed by atoms with E-state index in [0.29, 0.717) is 11.5 Å². The highest BCUT2D eigenvalue weighted by molar-refractivity contribution is 7.89. The van der Waals surface area contributed by atoms with E-state index in [1.54, 1.807) is 36.8 Å². The lowest BCUT2D eigenvalue weighted by Gasteiger charge is -2.25. The highest BCUT2D eigenvalue weighted by Crippen LogP contribution is 2.27. The van der Waals surface area contributed by atoms with E-state index in [0.717, 1.165) is 12.8 Å². The Morgan fingerprint density at radius 3 is 2.57 bits per heavy atom. The van der Waals surface area contributed by atoms with Crippen LogP contribution in [0.2, 0.25) is 0 Å². The average molecular weight is 310 g/mol. The Kier molecular flexibility index (Phi) is 4.53. The number of nitrogens with zero attached hydrogens (tertiary/aromatic N) is 3. The summed E-state index contributed by atoms with van der Waals surface area (Å²) in [5, 5.41) is 3.07. The van der Waals surface area contributed by atoms with Crippen LogP contribution in [-0.2, 0) is 10.0 Å². The van der Waals surface area contributed by atoms with Gasteiger partial charge in [-0.25, -0.2) is 13.4 Å². The molecule has 0 spiro atoms. The molecular formula is C14H22N4O2S. The molecule has 21 heavy (non-hydrogen) atoms. The third-order valence-corrected chi connectivity index (χ3v) is 5.74. The van der Waals surface area contributed by atoms with Crippen LogP contribution in [0.5, 0.6) is 0 Å². The lowest BCUT2D eigenvalue weighted by atomic mass is 10.2. The van der Waals surface area contributed by atoms with Gasteiger partial charge in [0.2, 0.25) is 0 Å². The Hall–Kier alpha value is -1.60. The first-order chi connectivity index (χ1) is 9.97. The second-order valence-corrected chi connectivity index (χ2v) is 6.85. The van der Waals surface area contributed by atoms with Crippen molar-refractivity contribution in [2.24, 2.45) is 0 Å². The molecule has 0 atom stereocenters. The molecule has 0 amide bonds. The number of anilines is 1. The van der Waals surface area contributed by atoms with E-state index in [-0.39, 0.29) is 11.1 Å². The standard InChI is InChI=1S/C14H22N4O2S/c1-5-11(6-2)17(4)21(19,20)14-13(15-3)16-12-9-7-8-10-18(12)14/h7-11,15H,5-6H2,1-4H3. The Bertz CT molecular complexity index is 720. The second kappa shape index (κ2) is 6.03. The minimum atomic E-state index is -3.62. The maximum absolute atomic E-state index is 13.0. The molecule has 0 radical (unpaired) electrons. The van der Waals surface area contributed by atoms with Crippen LogP contribution in [0.15, 0.2) is 29.4 Å². The molecule has 0 aliphatic heterocycles. The van der Waals surface area contributed by atoms with Gasteiger partial charge in [0.1, 0.15) is 5.65 Å². The molecule has 2 heterocycles. The van der Waals surface area contributed by atoms with Gasteiger partial charge in [-0.3, -0.25) is 4.40 Å². The Morgan fingerprint density at radius 2 is 2.00 bits per heavy atom. The summed E-state index contributed by atoms with van der Waals surface area (Å²) in [6, 6.07) is 5.40. The van der Waals surface area contributed by atoms with Gasteiger partial charge in [-0.1, -0.05) is 19.9 Å². The summed E-state index contributed by atoms with van der Waals surface area (Å²) in [6.45, 7) is 3.99. The molecule has 2 aromatic rings. The van der Waals surface area contributed by atoms with Crippen molar-refractivity contribution < 1.29 is 8.42 Å². The minimum absolute atomic E-state index is 0.0195. The van der Waals surface area contributed by atoms with Gasteiger partial charge in [-0.15, -0.1) is 0 Å². The molecule has 6 nitrogen and oxygen atoms in total. The first-order valence-electron chi connectivity index (χ1n) is 7.10. The molecule has 0 unspecified atom stereocenters. The third-order valence-electron chi connectivity index (χ3n) is 3.80. The summed E-state index contributed by atoms with van der Waals surface area (Å²) < 4.78 is 29.0. The third kappa shape index (κ3) is 2.63. The monoisotopic (exact) mass is 310 g/mol. The van der Waals surface area contributed by atoms with Crippen LogP contribution in [-0.4, -0.2) is 42.2 Å². The van der Waals surface area contributed by atoms with Crippen LogP contribution in [0.3, 0.4) is 0 Å². The highest BCUT2D eigenvalue weighted by atomic mass is 32.2. The number of hydrogen-bond acceptors (Lipinski definition) is 4. The van der Waals surface area contributed by atoms with Crippen LogP contribution in [0.1, 0.15) is 26.7 Å². The smallest absolute Gasteiger partial charge is 0.262 e. The maximum atomic E-state index is 13.0. The Labute approximate surface area is 125 Å². The predicted octanol–water partition coefficient (Wildman–Crippen LogP) is 2.19. The number of aromatic nitrogens is 2. The minimum Gasteiger partial charge on any atom is -0.371 e. The zero-order valence-corrected chi connectivity index (χ0v) is 13.7. The molecule has 0 aliphatic carbocycles. The van der Waals surface area contributed by atoms with Crippen LogP contribution in [0.25, 0.3) is 5.65 Å². The molecule has 0 aromatic carbocycles. The van der Waals surface area contributed by atoms with Crippen LogP contribution < -0.4 is 5.32 Å². The van der Waals surface area contributed by atoms with Gasteiger partial charge < -0.3 is 5.32 Å². The predicted molar refractivity (Wildman–Crippen MR) is 84.1 cm³/mol. The summed E-state index contributed by atoms with van der Waals surface area (Å²) in [5.74, 6) is 0.374. The van der Waals surface area contributed by atoms with Crippen molar-refractivity contribution in [3.63, 3.8) is 0 Å². The lowest BCUT2D eigenvalue weighted by Crippen LogP contribution is -2.37. The van der Waals surface area contributed by atoms with Gasteiger partial charge in [0.15, 0.2) is 10.8 Å². The fraction of sp³-hybridized carbons (Fsp3) is 0.500. The fourth-order valence-corrected chi connectivity index (χ4v) is 4.28. The molecule has 0 saturated carbocycles. The average Bonchev–Trinajstić information content (AvgIpc) is 2.87. The van der Waals surface area contributed by atoms with Gasteiger partial charge in [0.05, 0.1) is 0 Å². The summed E-state index contributed by atoms with van der Waals surface area (Å²) in [7, 11) is -0.305. The molecule has 0 bridgehead atoms. The first kappa shape index (κ1) is 15.8. The van der Waals surface area contributed by atoms with Crippen molar-refractivity contribution in [2.75, 3.05) is 19.4 Å². The van der Waals surface area contributed by atoms with E-state index in [9.17, 15) is 8.42 Å². The number of fused-ring (bicyclic) bond motifs is 1. The number of imidazole rings is 1. The molecule has 0 fully saturated rings. The molecule has 1 N–H and O–H groups in total. The summed E-state index contributed by atoms with van der Waals surface area (Å²) in [4.78, 5) is 4.34. The lowest BCUT2D eigenvalue weighted by molar-refractivity contribution is 0.348. The van der Waals surface area contributed by atoms with Crippen molar-refractivity contribution >= 4 is 21.5 Å². The normalized spacial score (nSPS) is 12.5.